The van der Waals surface area contributed by atoms with Gasteiger partial charge in [-0.3, -0.25) is 0 Å². The minimum absolute atomic E-state index is 0.185. The Kier molecular flexibility index (Phi) is 8.70. The lowest BCUT2D eigenvalue weighted by atomic mass is 10.1. The molecule has 2 aromatic heterocycles. The highest BCUT2D eigenvalue weighted by Crippen LogP contribution is 2.08. The molecule has 0 saturated heterocycles. The summed E-state index contributed by atoms with van der Waals surface area (Å²) in [6.45, 7) is 8.01. The van der Waals surface area contributed by atoms with Crippen molar-refractivity contribution in [3.63, 3.8) is 0 Å². The lowest BCUT2D eigenvalue weighted by Gasteiger charge is -2.07. The SMILES string of the molecule is CCn1cc[n+](C/C=C/Cn2cc[n+](Cc3ccc(COC(=O)OCc4ccc(C)cc4)cc3)c2)c1. The Morgan fingerprint density at radius 1 is 0.806 bits per heavy atom. The molecule has 4 aromatic rings. The van der Waals surface area contributed by atoms with Gasteiger partial charge in [0, 0.05) is 0 Å². The molecule has 0 atom stereocenters. The van der Waals surface area contributed by atoms with E-state index in [2.05, 4.69) is 86.9 Å². The molecule has 0 aliphatic carbocycles. The van der Waals surface area contributed by atoms with Gasteiger partial charge in [-0.15, -0.1) is 0 Å². The summed E-state index contributed by atoms with van der Waals surface area (Å²) in [6.07, 6.45) is 16.3. The molecular formula is C29H34N4O3+2. The van der Waals surface area contributed by atoms with E-state index in [0.717, 1.165) is 37.3 Å². The van der Waals surface area contributed by atoms with E-state index in [9.17, 15) is 4.79 Å². The lowest BCUT2D eigenvalue weighted by Crippen LogP contribution is -2.31. The maximum atomic E-state index is 11.9. The number of ether oxygens (including phenoxy) is 2. The van der Waals surface area contributed by atoms with Crippen molar-refractivity contribution in [3.8, 4) is 0 Å². The standard InChI is InChI=1S/C29H34N4O3/c1-3-30-16-17-31(23-30)14-4-5-15-32-18-19-33(24-32)20-26-10-12-28(13-11-26)22-36-29(34)35-21-27-8-6-25(2)7-9-27/h4-13,16-19,23-24H,3,14-15,20-22H2,1-2H3/q+2/b5-4+. The zero-order valence-corrected chi connectivity index (χ0v) is 21.0. The molecule has 0 aliphatic rings. The van der Waals surface area contributed by atoms with Crippen LogP contribution in [0, 0.1) is 6.92 Å². The first-order valence-electron chi connectivity index (χ1n) is 12.2. The molecule has 0 bridgehead atoms. The van der Waals surface area contributed by atoms with Gasteiger partial charge in [0.25, 0.3) is 0 Å². The van der Waals surface area contributed by atoms with Crippen LogP contribution in [0.1, 0.15) is 29.2 Å². The quantitative estimate of drug-likeness (QED) is 0.180. The summed E-state index contributed by atoms with van der Waals surface area (Å²) in [5.74, 6) is 0. The number of nitrogens with zero attached hydrogens (tertiary/aromatic N) is 4. The number of carbonyl (C=O) groups is 1. The van der Waals surface area contributed by atoms with E-state index in [4.69, 9.17) is 9.47 Å². The molecule has 4 rings (SSSR count). The van der Waals surface area contributed by atoms with Gasteiger partial charge < -0.3 is 9.47 Å². The van der Waals surface area contributed by atoms with Crippen molar-refractivity contribution in [1.82, 2.24) is 9.13 Å². The Morgan fingerprint density at radius 3 is 2.06 bits per heavy atom. The second-order valence-electron chi connectivity index (χ2n) is 8.82. The largest absolute Gasteiger partial charge is 0.508 e. The number of aryl methyl sites for hydroxylation is 2. The van der Waals surface area contributed by atoms with Crippen molar-refractivity contribution in [3.05, 3.63) is 120 Å². The smallest absolute Gasteiger partial charge is 0.429 e. The van der Waals surface area contributed by atoms with Gasteiger partial charge in [-0.2, -0.15) is 0 Å². The number of benzene rings is 2. The number of aromatic nitrogens is 4. The third-order valence-electron chi connectivity index (χ3n) is 5.88. The van der Waals surface area contributed by atoms with Crippen LogP contribution in [0.25, 0.3) is 0 Å². The fourth-order valence-electron chi connectivity index (χ4n) is 3.73. The molecule has 36 heavy (non-hydrogen) atoms. The van der Waals surface area contributed by atoms with Crippen molar-refractivity contribution >= 4 is 6.16 Å². The van der Waals surface area contributed by atoms with Crippen molar-refractivity contribution in [2.75, 3.05) is 0 Å². The monoisotopic (exact) mass is 486 g/mol. The highest BCUT2D eigenvalue weighted by atomic mass is 16.7. The number of hydrogen-bond acceptors (Lipinski definition) is 3. The summed E-state index contributed by atoms with van der Waals surface area (Å²) in [5, 5.41) is 0. The zero-order chi connectivity index (χ0) is 25.2. The normalized spacial score (nSPS) is 11.2. The number of carbonyl (C=O) groups excluding carboxylic acids is 1. The molecule has 0 fully saturated rings. The predicted octanol–water partition coefficient (Wildman–Crippen LogP) is 4.35. The van der Waals surface area contributed by atoms with E-state index >= 15 is 0 Å². The van der Waals surface area contributed by atoms with Gasteiger partial charge in [0.1, 0.15) is 57.6 Å². The van der Waals surface area contributed by atoms with Gasteiger partial charge >= 0.3 is 6.16 Å². The van der Waals surface area contributed by atoms with Gasteiger partial charge in [0.2, 0.25) is 12.7 Å². The Morgan fingerprint density at radius 2 is 1.39 bits per heavy atom. The van der Waals surface area contributed by atoms with E-state index in [0.29, 0.717) is 0 Å². The van der Waals surface area contributed by atoms with Crippen molar-refractivity contribution in [2.24, 2.45) is 0 Å². The molecule has 0 unspecified atom stereocenters. The van der Waals surface area contributed by atoms with Gasteiger partial charge in [-0.25, -0.2) is 23.1 Å². The van der Waals surface area contributed by atoms with Gasteiger partial charge in [-0.05, 0) is 42.7 Å². The van der Waals surface area contributed by atoms with E-state index < -0.39 is 6.16 Å². The van der Waals surface area contributed by atoms with E-state index in [1.165, 1.54) is 11.1 Å². The molecule has 7 heteroatoms. The number of rotatable bonds is 11. The van der Waals surface area contributed by atoms with E-state index in [1.807, 2.05) is 43.3 Å². The highest BCUT2D eigenvalue weighted by molar-refractivity contribution is 5.60. The number of imidazole rings is 2. The minimum atomic E-state index is -0.663. The van der Waals surface area contributed by atoms with Crippen LogP contribution in [0.5, 0.6) is 0 Å². The van der Waals surface area contributed by atoms with Crippen molar-refractivity contribution < 1.29 is 23.4 Å². The predicted molar refractivity (Wildman–Crippen MR) is 136 cm³/mol. The Hall–Kier alpha value is -4.13. The third kappa shape index (κ3) is 7.70. The molecule has 0 saturated carbocycles. The first-order valence-corrected chi connectivity index (χ1v) is 12.2. The summed E-state index contributed by atoms with van der Waals surface area (Å²) in [7, 11) is 0. The molecule has 7 nitrogen and oxygen atoms in total. The third-order valence-corrected chi connectivity index (χ3v) is 5.88. The number of hydrogen-bond donors (Lipinski definition) is 0. The van der Waals surface area contributed by atoms with Crippen LogP contribution in [0.2, 0.25) is 0 Å². The summed E-state index contributed by atoms with van der Waals surface area (Å²) < 4.78 is 19.1. The average molecular weight is 487 g/mol. The molecule has 0 spiro atoms. The fourth-order valence-corrected chi connectivity index (χ4v) is 3.73. The van der Waals surface area contributed by atoms with Gasteiger partial charge in [-0.1, -0.05) is 54.1 Å². The maximum Gasteiger partial charge on any atom is 0.508 e. The summed E-state index contributed by atoms with van der Waals surface area (Å²) in [4.78, 5) is 11.9. The molecule has 186 valence electrons. The highest BCUT2D eigenvalue weighted by Gasteiger charge is 2.07. The maximum absolute atomic E-state index is 11.9. The van der Waals surface area contributed by atoms with Gasteiger partial charge in [0.05, 0.1) is 6.54 Å². The minimum Gasteiger partial charge on any atom is -0.429 e. The molecule has 2 heterocycles. The summed E-state index contributed by atoms with van der Waals surface area (Å²) >= 11 is 0. The summed E-state index contributed by atoms with van der Waals surface area (Å²) in [5.41, 5.74) is 4.20. The van der Waals surface area contributed by atoms with E-state index in [1.54, 1.807) is 0 Å². The lowest BCUT2D eigenvalue weighted by molar-refractivity contribution is -0.687. The fraction of sp³-hybridized carbons (Fsp3) is 0.276. The van der Waals surface area contributed by atoms with Crippen LogP contribution in [-0.4, -0.2) is 15.3 Å². The van der Waals surface area contributed by atoms with Crippen molar-refractivity contribution in [1.29, 1.82) is 0 Å². The van der Waals surface area contributed by atoms with Crippen LogP contribution in [-0.2, 0) is 48.9 Å². The molecule has 2 aromatic carbocycles. The van der Waals surface area contributed by atoms with Crippen LogP contribution < -0.4 is 9.13 Å². The van der Waals surface area contributed by atoms with Crippen LogP contribution in [0.15, 0.2) is 98.1 Å². The first kappa shape index (κ1) is 25.0. The first-order chi connectivity index (χ1) is 17.6. The van der Waals surface area contributed by atoms with Crippen LogP contribution in [0.3, 0.4) is 0 Å². The summed E-state index contributed by atoms with van der Waals surface area (Å²) in [6, 6.07) is 15.9. The Labute approximate surface area is 212 Å². The van der Waals surface area contributed by atoms with Crippen LogP contribution in [0.4, 0.5) is 4.79 Å². The Balaban J connectivity index is 1.17. The second-order valence-corrected chi connectivity index (χ2v) is 8.82. The zero-order valence-electron chi connectivity index (χ0n) is 21.0. The second kappa shape index (κ2) is 12.5. The average Bonchev–Trinajstić information content (AvgIpc) is 3.55. The molecule has 0 radical (unpaired) electrons. The number of allylic oxidation sites excluding steroid dienone is 2. The molecule has 0 amide bonds. The molecule has 0 aliphatic heterocycles. The topological polar surface area (TPSA) is 53.2 Å². The van der Waals surface area contributed by atoms with Gasteiger partial charge in [0.15, 0.2) is 0 Å². The van der Waals surface area contributed by atoms with Crippen LogP contribution >= 0.6 is 0 Å². The Bertz CT molecular complexity index is 1270. The van der Waals surface area contributed by atoms with E-state index in [-0.39, 0.29) is 13.2 Å². The van der Waals surface area contributed by atoms with Crippen molar-refractivity contribution in [2.45, 2.75) is 53.2 Å². The molecule has 0 N–H and O–H groups in total. The molecular weight excluding hydrogens is 452 g/mol.